The molecule has 0 aromatic carbocycles. The quantitative estimate of drug-likeness (QED) is 0.725. The number of amides is 1. The molecule has 0 atom stereocenters. The van der Waals surface area contributed by atoms with Gasteiger partial charge in [0.05, 0.1) is 6.26 Å². The summed E-state index contributed by atoms with van der Waals surface area (Å²) in [4.78, 5) is 22.4. The number of nitrogens with zero attached hydrogens (tertiary/aromatic N) is 6. The van der Waals surface area contributed by atoms with Gasteiger partial charge in [-0.15, -0.1) is 0 Å². The zero-order valence-corrected chi connectivity index (χ0v) is 15.2. The van der Waals surface area contributed by atoms with Gasteiger partial charge in [0.15, 0.2) is 5.82 Å². The molecule has 2 aromatic rings. The van der Waals surface area contributed by atoms with Gasteiger partial charge in [-0.3, -0.25) is 4.79 Å². The van der Waals surface area contributed by atoms with Crippen molar-refractivity contribution < 1.29 is 17.7 Å². The fourth-order valence-electron chi connectivity index (χ4n) is 2.71. The fraction of sp³-hybridized carbons (Fsp3) is 0.571. The third-order valence-electron chi connectivity index (χ3n) is 4.01. The van der Waals surface area contributed by atoms with Gasteiger partial charge in [0.1, 0.15) is 18.1 Å². The SMILES string of the molecule is Cc1noc(CN(C)C(=O)c2cn3c(n2)CCN(S(C)(=O)=O)CC3)n1. The molecule has 0 N–H and O–H groups in total. The maximum absolute atomic E-state index is 12.5. The lowest BCUT2D eigenvalue weighted by Crippen LogP contribution is -2.32. The van der Waals surface area contributed by atoms with Crippen LogP contribution >= 0.6 is 0 Å². The molecule has 11 heteroatoms. The van der Waals surface area contributed by atoms with Crippen molar-refractivity contribution in [1.82, 2.24) is 28.9 Å². The molecule has 3 heterocycles. The number of carbonyl (C=O) groups is 1. The topological polar surface area (TPSA) is 114 Å². The van der Waals surface area contributed by atoms with E-state index in [9.17, 15) is 13.2 Å². The van der Waals surface area contributed by atoms with Crippen molar-refractivity contribution >= 4 is 15.9 Å². The van der Waals surface area contributed by atoms with E-state index < -0.39 is 10.0 Å². The molecule has 25 heavy (non-hydrogen) atoms. The maximum Gasteiger partial charge on any atom is 0.274 e. The van der Waals surface area contributed by atoms with Gasteiger partial charge in [-0.2, -0.15) is 9.29 Å². The Kier molecular flexibility index (Phi) is 4.60. The summed E-state index contributed by atoms with van der Waals surface area (Å²) in [6, 6.07) is 0. The molecular formula is C14H20N6O4S. The molecule has 0 spiro atoms. The molecule has 0 radical (unpaired) electrons. The molecule has 2 aromatic heterocycles. The van der Waals surface area contributed by atoms with Gasteiger partial charge in [-0.1, -0.05) is 5.16 Å². The normalized spacial score (nSPS) is 15.6. The van der Waals surface area contributed by atoms with Crippen molar-refractivity contribution in [1.29, 1.82) is 0 Å². The van der Waals surface area contributed by atoms with Crippen LogP contribution in [0.5, 0.6) is 0 Å². The summed E-state index contributed by atoms with van der Waals surface area (Å²) in [5.74, 6) is 1.32. The average Bonchev–Trinajstić information content (AvgIpc) is 3.06. The molecule has 0 aliphatic carbocycles. The number of rotatable bonds is 4. The number of aryl methyl sites for hydroxylation is 1. The minimum Gasteiger partial charge on any atom is -0.337 e. The van der Waals surface area contributed by atoms with Crippen LogP contribution < -0.4 is 0 Å². The molecule has 1 aliphatic rings. The van der Waals surface area contributed by atoms with Gasteiger partial charge in [-0.25, -0.2) is 13.4 Å². The minimum absolute atomic E-state index is 0.198. The molecular weight excluding hydrogens is 348 g/mol. The van der Waals surface area contributed by atoms with Gasteiger partial charge >= 0.3 is 0 Å². The van der Waals surface area contributed by atoms with Crippen LogP contribution in [0.4, 0.5) is 0 Å². The second-order valence-electron chi connectivity index (χ2n) is 6.04. The predicted octanol–water partition coefficient (Wildman–Crippen LogP) is -0.336. The van der Waals surface area contributed by atoms with Crippen LogP contribution in [-0.2, 0) is 29.5 Å². The van der Waals surface area contributed by atoms with E-state index >= 15 is 0 Å². The molecule has 3 rings (SSSR count). The van der Waals surface area contributed by atoms with E-state index in [4.69, 9.17) is 4.52 Å². The van der Waals surface area contributed by atoms with Crippen molar-refractivity contribution in [3.05, 3.63) is 29.4 Å². The van der Waals surface area contributed by atoms with Crippen molar-refractivity contribution in [3.8, 4) is 0 Å². The Bertz CT molecular complexity index is 862. The van der Waals surface area contributed by atoms with E-state index in [-0.39, 0.29) is 12.5 Å². The molecule has 0 bridgehead atoms. The van der Waals surface area contributed by atoms with Crippen molar-refractivity contribution in [2.45, 2.75) is 26.4 Å². The van der Waals surface area contributed by atoms with Crippen LogP contribution in [-0.4, -0.2) is 69.6 Å². The van der Waals surface area contributed by atoms with Crippen molar-refractivity contribution in [2.75, 3.05) is 26.4 Å². The Balaban J connectivity index is 1.70. The third kappa shape index (κ3) is 3.87. The van der Waals surface area contributed by atoms with E-state index in [0.29, 0.717) is 49.3 Å². The summed E-state index contributed by atoms with van der Waals surface area (Å²) >= 11 is 0. The van der Waals surface area contributed by atoms with E-state index in [2.05, 4.69) is 15.1 Å². The number of sulfonamides is 1. The molecule has 1 aliphatic heterocycles. The standard InChI is InChI=1S/C14H20N6O4S/c1-10-15-13(24-17-10)9-18(2)14(21)11-8-19-6-7-20(25(3,22)23)5-4-12(19)16-11/h8H,4-7,9H2,1-3H3. The summed E-state index contributed by atoms with van der Waals surface area (Å²) in [6.07, 6.45) is 3.33. The van der Waals surface area contributed by atoms with Crippen molar-refractivity contribution in [3.63, 3.8) is 0 Å². The zero-order chi connectivity index (χ0) is 18.2. The highest BCUT2D eigenvalue weighted by Crippen LogP contribution is 2.14. The number of hydrogen-bond acceptors (Lipinski definition) is 7. The summed E-state index contributed by atoms with van der Waals surface area (Å²) in [5.41, 5.74) is 0.321. The summed E-state index contributed by atoms with van der Waals surface area (Å²) in [5, 5.41) is 3.69. The van der Waals surface area contributed by atoms with Crippen LogP contribution in [0.15, 0.2) is 10.7 Å². The first-order chi connectivity index (χ1) is 11.7. The lowest BCUT2D eigenvalue weighted by molar-refractivity contribution is 0.0764. The van der Waals surface area contributed by atoms with Crippen molar-refractivity contribution in [2.24, 2.45) is 0 Å². The zero-order valence-electron chi connectivity index (χ0n) is 14.3. The first-order valence-electron chi connectivity index (χ1n) is 7.80. The number of hydrogen-bond donors (Lipinski definition) is 0. The number of fused-ring (bicyclic) bond motifs is 1. The molecule has 0 saturated carbocycles. The highest BCUT2D eigenvalue weighted by Gasteiger charge is 2.24. The Morgan fingerprint density at radius 1 is 1.32 bits per heavy atom. The largest absolute Gasteiger partial charge is 0.337 e. The Hall–Kier alpha value is -2.27. The second kappa shape index (κ2) is 6.56. The van der Waals surface area contributed by atoms with E-state index in [1.54, 1.807) is 20.2 Å². The first kappa shape index (κ1) is 17.5. The smallest absolute Gasteiger partial charge is 0.274 e. The van der Waals surface area contributed by atoms with Crippen LogP contribution in [0.1, 0.15) is 28.0 Å². The lowest BCUT2D eigenvalue weighted by Gasteiger charge is -2.16. The fourth-order valence-corrected chi connectivity index (χ4v) is 3.55. The van der Waals surface area contributed by atoms with Gasteiger partial charge in [0.2, 0.25) is 15.9 Å². The average molecular weight is 368 g/mol. The number of aromatic nitrogens is 4. The monoisotopic (exact) mass is 368 g/mol. The van der Waals surface area contributed by atoms with Gasteiger partial charge in [-0.05, 0) is 6.92 Å². The maximum atomic E-state index is 12.5. The lowest BCUT2D eigenvalue weighted by atomic mass is 10.4. The summed E-state index contributed by atoms with van der Waals surface area (Å²) in [6.45, 7) is 3.10. The van der Waals surface area contributed by atoms with Gasteiger partial charge < -0.3 is 14.0 Å². The van der Waals surface area contributed by atoms with Crippen LogP contribution in [0, 0.1) is 6.92 Å². The molecule has 0 fully saturated rings. The van der Waals surface area contributed by atoms with Gasteiger partial charge in [0, 0.05) is 39.3 Å². The van der Waals surface area contributed by atoms with Gasteiger partial charge in [0.25, 0.3) is 5.91 Å². The molecule has 10 nitrogen and oxygen atoms in total. The van der Waals surface area contributed by atoms with E-state index in [1.165, 1.54) is 15.5 Å². The highest BCUT2D eigenvalue weighted by atomic mass is 32.2. The highest BCUT2D eigenvalue weighted by molar-refractivity contribution is 7.88. The van der Waals surface area contributed by atoms with Crippen LogP contribution in [0.2, 0.25) is 0 Å². The summed E-state index contributed by atoms with van der Waals surface area (Å²) in [7, 11) is -1.59. The van der Waals surface area contributed by atoms with E-state index in [0.717, 1.165) is 0 Å². The minimum atomic E-state index is -3.22. The Morgan fingerprint density at radius 3 is 2.72 bits per heavy atom. The second-order valence-corrected chi connectivity index (χ2v) is 8.03. The first-order valence-corrected chi connectivity index (χ1v) is 9.64. The number of carbonyl (C=O) groups excluding carboxylic acids is 1. The Labute approximate surface area is 145 Å². The molecule has 0 saturated heterocycles. The molecule has 0 unspecified atom stereocenters. The number of imidazole rings is 1. The molecule has 136 valence electrons. The molecule has 1 amide bonds. The Morgan fingerprint density at radius 2 is 2.08 bits per heavy atom. The van der Waals surface area contributed by atoms with E-state index in [1.807, 2.05) is 4.57 Å². The summed E-state index contributed by atoms with van der Waals surface area (Å²) < 4.78 is 31.6. The predicted molar refractivity (Wildman–Crippen MR) is 87.2 cm³/mol. The third-order valence-corrected chi connectivity index (χ3v) is 5.31. The van der Waals surface area contributed by atoms with Crippen LogP contribution in [0.25, 0.3) is 0 Å². The van der Waals surface area contributed by atoms with Crippen LogP contribution in [0.3, 0.4) is 0 Å².